The quantitative estimate of drug-likeness (QED) is 0.790. The standard InChI is InChI=1S/C15H22BNO2/c16-8-4-7-13-10-17(11-14(13)15(18)19)9-12-5-2-1-3-6-12/h1-3,5-6,13-14H,4,7-11,16H2,(H,18,19)/t13-,14+/m0/s1. The van der Waals surface area contributed by atoms with E-state index >= 15 is 0 Å². The van der Waals surface area contributed by atoms with E-state index in [0.29, 0.717) is 12.5 Å². The zero-order valence-electron chi connectivity index (χ0n) is 11.6. The molecule has 1 aliphatic heterocycles. The number of nitrogens with zero attached hydrogens (tertiary/aromatic N) is 1. The van der Waals surface area contributed by atoms with E-state index in [1.54, 1.807) is 0 Å². The van der Waals surface area contributed by atoms with Gasteiger partial charge in [0.25, 0.3) is 0 Å². The van der Waals surface area contributed by atoms with E-state index in [9.17, 15) is 9.90 Å². The van der Waals surface area contributed by atoms with Gasteiger partial charge in [0.05, 0.1) is 5.92 Å². The number of carboxylic acids is 1. The van der Waals surface area contributed by atoms with Crippen LogP contribution < -0.4 is 0 Å². The molecule has 3 nitrogen and oxygen atoms in total. The van der Waals surface area contributed by atoms with Crippen LogP contribution in [0.4, 0.5) is 0 Å². The van der Waals surface area contributed by atoms with Gasteiger partial charge < -0.3 is 5.11 Å². The minimum absolute atomic E-state index is 0.185. The first-order valence-corrected chi connectivity index (χ1v) is 7.19. The summed E-state index contributed by atoms with van der Waals surface area (Å²) in [7, 11) is 2.16. The minimum atomic E-state index is -0.628. The molecule has 0 saturated carbocycles. The maximum absolute atomic E-state index is 11.3. The molecule has 102 valence electrons. The number of likely N-dealkylation sites (tertiary alicyclic amines) is 1. The lowest BCUT2D eigenvalue weighted by molar-refractivity contribution is -0.142. The van der Waals surface area contributed by atoms with Crippen LogP contribution >= 0.6 is 0 Å². The molecule has 2 rings (SSSR count). The van der Waals surface area contributed by atoms with E-state index in [4.69, 9.17) is 0 Å². The Hall–Kier alpha value is -1.29. The smallest absolute Gasteiger partial charge is 0.308 e. The number of benzene rings is 1. The third-order valence-electron chi connectivity index (χ3n) is 4.01. The van der Waals surface area contributed by atoms with E-state index in [1.165, 1.54) is 5.56 Å². The van der Waals surface area contributed by atoms with Gasteiger partial charge >= 0.3 is 5.97 Å². The number of carbonyl (C=O) groups is 1. The Morgan fingerprint density at radius 3 is 2.68 bits per heavy atom. The lowest BCUT2D eigenvalue weighted by Gasteiger charge is -2.15. The van der Waals surface area contributed by atoms with Crippen molar-refractivity contribution < 1.29 is 9.90 Å². The molecule has 1 fully saturated rings. The average molecular weight is 259 g/mol. The van der Waals surface area contributed by atoms with Crippen LogP contribution in [0, 0.1) is 11.8 Å². The van der Waals surface area contributed by atoms with Gasteiger partial charge in [-0.05, 0) is 17.9 Å². The molecule has 0 aliphatic carbocycles. The first-order valence-electron chi connectivity index (χ1n) is 7.19. The molecule has 0 amide bonds. The lowest BCUT2D eigenvalue weighted by Crippen LogP contribution is -2.23. The zero-order chi connectivity index (χ0) is 13.7. The highest BCUT2D eigenvalue weighted by Crippen LogP contribution is 2.29. The van der Waals surface area contributed by atoms with Gasteiger partial charge in [-0.15, -0.1) is 0 Å². The number of carboxylic acid groups (broad SMARTS) is 1. The molecule has 0 radical (unpaired) electrons. The molecule has 1 saturated heterocycles. The van der Waals surface area contributed by atoms with Crippen LogP contribution in [0.2, 0.25) is 6.32 Å². The van der Waals surface area contributed by atoms with E-state index < -0.39 is 5.97 Å². The maximum atomic E-state index is 11.3. The third kappa shape index (κ3) is 3.84. The Bertz CT molecular complexity index is 410. The van der Waals surface area contributed by atoms with Crippen molar-refractivity contribution in [3.05, 3.63) is 35.9 Å². The second-order valence-corrected chi connectivity index (χ2v) is 5.53. The van der Waals surface area contributed by atoms with E-state index in [2.05, 4.69) is 24.9 Å². The fraction of sp³-hybridized carbons (Fsp3) is 0.533. The summed E-state index contributed by atoms with van der Waals surface area (Å²) in [5.41, 5.74) is 1.27. The highest BCUT2D eigenvalue weighted by Gasteiger charge is 2.36. The first-order chi connectivity index (χ1) is 9.20. The molecule has 19 heavy (non-hydrogen) atoms. The molecule has 1 aromatic carbocycles. The van der Waals surface area contributed by atoms with Gasteiger partial charge in [-0.3, -0.25) is 9.69 Å². The van der Waals surface area contributed by atoms with Crippen LogP contribution in [-0.2, 0) is 11.3 Å². The van der Waals surface area contributed by atoms with E-state index in [0.717, 1.165) is 32.3 Å². The molecule has 1 aliphatic rings. The van der Waals surface area contributed by atoms with Crippen molar-refractivity contribution in [2.75, 3.05) is 13.1 Å². The Labute approximate surface area is 116 Å². The molecule has 1 N–H and O–H groups in total. The number of rotatable bonds is 6. The highest BCUT2D eigenvalue weighted by atomic mass is 16.4. The number of aliphatic carboxylic acids is 1. The van der Waals surface area contributed by atoms with Crippen molar-refractivity contribution in [2.24, 2.45) is 11.8 Å². The highest BCUT2D eigenvalue weighted by molar-refractivity contribution is 6.08. The Kier molecular flexibility index (Phi) is 5.03. The van der Waals surface area contributed by atoms with Gasteiger partial charge in [0, 0.05) is 19.6 Å². The second-order valence-electron chi connectivity index (χ2n) is 5.53. The SMILES string of the molecule is BCCC[C@H]1CN(Cc2ccccc2)C[C@H]1C(=O)O. The topological polar surface area (TPSA) is 40.5 Å². The van der Waals surface area contributed by atoms with Gasteiger partial charge in [0.15, 0.2) is 0 Å². The van der Waals surface area contributed by atoms with Gasteiger partial charge in [-0.1, -0.05) is 43.1 Å². The molecular weight excluding hydrogens is 237 g/mol. The summed E-state index contributed by atoms with van der Waals surface area (Å²) in [6.07, 6.45) is 3.31. The summed E-state index contributed by atoms with van der Waals surface area (Å²) in [5.74, 6) is -0.493. The van der Waals surface area contributed by atoms with Crippen molar-refractivity contribution in [3.63, 3.8) is 0 Å². The first kappa shape index (κ1) is 14.1. The molecule has 4 heteroatoms. The number of hydrogen-bond acceptors (Lipinski definition) is 2. The van der Waals surface area contributed by atoms with Crippen molar-refractivity contribution in [1.29, 1.82) is 0 Å². The molecule has 2 atom stereocenters. The lowest BCUT2D eigenvalue weighted by atomic mass is 9.88. The summed E-state index contributed by atoms with van der Waals surface area (Å²) < 4.78 is 0. The maximum Gasteiger partial charge on any atom is 0.308 e. The average Bonchev–Trinajstić information content (AvgIpc) is 2.80. The van der Waals surface area contributed by atoms with Crippen LogP contribution in [-0.4, -0.2) is 36.9 Å². The molecule has 0 bridgehead atoms. The normalized spacial score (nSPS) is 23.6. The fourth-order valence-electron chi connectivity index (χ4n) is 2.97. The third-order valence-corrected chi connectivity index (χ3v) is 4.01. The summed E-state index contributed by atoms with van der Waals surface area (Å²) in [6.45, 7) is 2.48. The van der Waals surface area contributed by atoms with Gasteiger partial charge in [-0.25, -0.2) is 0 Å². The van der Waals surface area contributed by atoms with Crippen LogP contribution in [0.25, 0.3) is 0 Å². The zero-order valence-corrected chi connectivity index (χ0v) is 11.6. The summed E-state index contributed by atoms with van der Waals surface area (Å²) >= 11 is 0. The van der Waals surface area contributed by atoms with Crippen molar-refractivity contribution in [1.82, 2.24) is 4.90 Å². The molecule has 1 aromatic rings. The second kappa shape index (κ2) is 6.76. The number of hydrogen-bond donors (Lipinski definition) is 1. The molecule has 0 aromatic heterocycles. The molecule has 0 unspecified atom stereocenters. The van der Waals surface area contributed by atoms with Crippen molar-refractivity contribution in [2.45, 2.75) is 25.7 Å². The Morgan fingerprint density at radius 1 is 1.32 bits per heavy atom. The van der Waals surface area contributed by atoms with Crippen LogP contribution in [0.15, 0.2) is 30.3 Å². The van der Waals surface area contributed by atoms with Crippen LogP contribution in [0.5, 0.6) is 0 Å². The largest absolute Gasteiger partial charge is 0.481 e. The van der Waals surface area contributed by atoms with Crippen LogP contribution in [0.1, 0.15) is 18.4 Å². The molecular formula is C15H22BNO2. The fourth-order valence-corrected chi connectivity index (χ4v) is 2.97. The Balaban J connectivity index is 1.95. The van der Waals surface area contributed by atoms with Gasteiger partial charge in [-0.2, -0.15) is 0 Å². The Morgan fingerprint density at radius 2 is 2.05 bits per heavy atom. The summed E-state index contributed by atoms with van der Waals surface area (Å²) in [4.78, 5) is 13.6. The van der Waals surface area contributed by atoms with Crippen LogP contribution in [0.3, 0.4) is 0 Å². The van der Waals surface area contributed by atoms with Gasteiger partial charge in [0.1, 0.15) is 7.85 Å². The van der Waals surface area contributed by atoms with Crippen molar-refractivity contribution in [3.8, 4) is 0 Å². The predicted molar refractivity (Wildman–Crippen MR) is 78.9 cm³/mol. The summed E-state index contributed by atoms with van der Waals surface area (Å²) in [6, 6.07) is 10.3. The monoisotopic (exact) mass is 259 g/mol. The van der Waals surface area contributed by atoms with E-state index in [-0.39, 0.29) is 5.92 Å². The van der Waals surface area contributed by atoms with E-state index in [1.807, 2.05) is 18.2 Å². The van der Waals surface area contributed by atoms with Gasteiger partial charge in [0.2, 0.25) is 0 Å². The van der Waals surface area contributed by atoms with Crippen molar-refractivity contribution >= 4 is 13.8 Å². The molecule has 1 heterocycles. The minimum Gasteiger partial charge on any atom is -0.481 e. The summed E-state index contributed by atoms with van der Waals surface area (Å²) in [5, 5.41) is 9.34. The predicted octanol–water partition coefficient (Wildman–Crippen LogP) is 1.65. The molecule has 0 spiro atoms.